The van der Waals surface area contributed by atoms with Crippen molar-refractivity contribution in [3.63, 3.8) is 0 Å². The van der Waals surface area contributed by atoms with Gasteiger partial charge in [-0.3, -0.25) is 4.79 Å². The molecule has 0 aromatic carbocycles. The van der Waals surface area contributed by atoms with E-state index >= 15 is 0 Å². The first-order valence-electron chi connectivity index (χ1n) is 3.83. The summed E-state index contributed by atoms with van der Waals surface area (Å²) in [5.74, 6) is -1.12. The summed E-state index contributed by atoms with van der Waals surface area (Å²) in [6.45, 7) is 9.95. The Bertz CT molecular complexity index is 233. The van der Waals surface area contributed by atoms with Crippen molar-refractivity contribution >= 4 is 11.9 Å². The average molecular weight is 183 g/mol. The summed E-state index contributed by atoms with van der Waals surface area (Å²) in [6, 6.07) is -0.227. The van der Waals surface area contributed by atoms with E-state index in [9.17, 15) is 9.59 Å². The van der Waals surface area contributed by atoms with Gasteiger partial charge in [0.25, 0.3) is 5.91 Å². The van der Waals surface area contributed by atoms with Gasteiger partial charge in [-0.25, -0.2) is 4.79 Å². The Morgan fingerprint density at radius 2 is 1.85 bits per heavy atom. The molecule has 4 nitrogen and oxygen atoms in total. The number of nitrogens with zero attached hydrogens (tertiary/aromatic N) is 1. The molecule has 13 heavy (non-hydrogen) atoms. The van der Waals surface area contributed by atoms with Gasteiger partial charge in [-0.05, 0) is 19.9 Å². The van der Waals surface area contributed by atoms with Crippen molar-refractivity contribution in [1.82, 2.24) is 5.06 Å². The lowest BCUT2D eigenvalue weighted by Gasteiger charge is -2.22. The lowest BCUT2D eigenvalue weighted by atomic mass is 10.4. The molecule has 0 saturated carbocycles. The fraction of sp³-hybridized carbons (Fsp3) is 0.333. The SMILES string of the molecule is C=CC(=O)ON(C(=O)C=C)C(C)C. The maximum absolute atomic E-state index is 11.1. The summed E-state index contributed by atoms with van der Waals surface area (Å²) >= 11 is 0. The Balaban J connectivity index is 4.43. The zero-order valence-electron chi connectivity index (χ0n) is 7.82. The van der Waals surface area contributed by atoms with E-state index in [1.165, 1.54) is 0 Å². The van der Waals surface area contributed by atoms with Gasteiger partial charge < -0.3 is 4.84 Å². The molecule has 72 valence electrons. The van der Waals surface area contributed by atoms with Crippen LogP contribution in [0.4, 0.5) is 0 Å². The minimum atomic E-state index is -0.663. The molecule has 4 heteroatoms. The Hall–Kier alpha value is -1.58. The van der Waals surface area contributed by atoms with Crippen LogP contribution in [0, 0.1) is 0 Å². The second-order valence-electron chi connectivity index (χ2n) is 2.58. The highest BCUT2D eigenvalue weighted by Gasteiger charge is 2.17. The van der Waals surface area contributed by atoms with Crippen molar-refractivity contribution < 1.29 is 14.4 Å². The number of hydroxylamine groups is 2. The monoisotopic (exact) mass is 183 g/mol. The van der Waals surface area contributed by atoms with Crippen LogP contribution in [0.25, 0.3) is 0 Å². The molecule has 0 unspecified atom stereocenters. The smallest absolute Gasteiger partial charge is 0.333 e. The summed E-state index contributed by atoms with van der Waals surface area (Å²) in [5.41, 5.74) is 0. The van der Waals surface area contributed by atoms with E-state index in [-0.39, 0.29) is 6.04 Å². The number of hydrogen-bond acceptors (Lipinski definition) is 3. The maximum Gasteiger partial charge on any atom is 0.355 e. The number of hydrogen-bond donors (Lipinski definition) is 0. The molecule has 0 aliphatic heterocycles. The van der Waals surface area contributed by atoms with E-state index in [1.807, 2.05) is 0 Å². The molecule has 0 atom stereocenters. The molecule has 1 amide bonds. The number of amides is 1. The van der Waals surface area contributed by atoms with Crippen molar-refractivity contribution in [3.8, 4) is 0 Å². The summed E-state index contributed by atoms with van der Waals surface area (Å²) in [6.07, 6.45) is 2.07. The number of rotatable bonds is 3. The van der Waals surface area contributed by atoms with E-state index in [0.717, 1.165) is 17.2 Å². The van der Waals surface area contributed by atoms with Crippen LogP contribution in [0.1, 0.15) is 13.8 Å². The molecule has 0 aromatic rings. The van der Waals surface area contributed by atoms with Gasteiger partial charge in [0.05, 0.1) is 6.04 Å². The predicted molar refractivity (Wildman–Crippen MR) is 48.5 cm³/mol. The molecule has 0 aromatic heterocycles. The van der Waals surface area contributed by atoms with Crippen LogP contribution in [0.2, 0.25) is 0 Å². The summed E-state index contributed by atoms with van der Waals surface area (Å²) in [4.78, 5) is 26.5. The molecule has 0 spiro atoms. The van der Waals surface area contributed by atoms with E-state index in [4.69, 9.17) is 0 Å². The molecule has 0 N–H and O–H groups in total. The Kier molecular flexibility index (Phi) is 4.51. The zero-order chi connectivity index (χ0) is 10.4. The summed E-state index contributed by atoms with van der Waals surface area (Å²) in [7, 11) is 0. The van der Waals surface area contributed by atoms with Gasteiger partial charge in [-0.2, -0.15) is 5.06 Å². The lowest BCUT2D eigenvalue weighted by Crippen LogP contribution is -2.37. The molecule has 0 heterocycles. The van der Waals surface area contributed by atoms with Crippen LogP contribution in [0.5, 0.6) is 0 Å². The van der Waals surface area contributed by atoms with E-state index < -0.39 is 11.9 Å². The average Bonchev–Trinajstić information content (AvgIpc) is 2.11. The largest absolute Gasteiger partial charge is 0.355 e. The van der Waals surface area contributed by atoms with Crippen LogP contribution in [0.3, 0.4) is 0 Å². The van der Waals surface area contributed by atoms with E-state index in [2.05, 4.69) is 18.0 Å². The highest BCUT2D eigenvalue weighted by Crippen LogP contribution is 2.01. The van der Waals surface area contributed by atoms with Crippen molar-refractivity contribution in [1.29, 1.82) is 0 Å². The van der Waals surface area contributed by atoms with Gasteiger partial charge >= 0.3 is 5.97 Å². The third kappa shape index (κ3) is 3.55. The van der Waals surface area contributed by atoms with Crippen molar-refractivity contribution in [2.24, 2.45) is 0 Å². The molecule has 0 rings (SSSR count). The number of carbonyl (C=O) groups is 2. The molecule has 0 saturated heterocycles. The molecular formula is C9H13NO3. The van der Waals surface area contributed by atoms with Crippen molar-refractivity contribution in [2.75, 3.05) is 0 Å². The fourth-order valence-electron chi connectivity index (χ4n) is 0.629. The van der Waals surface area contributed by atoms with E-state index in [1.54, 1.807) is 13.8 Å². The normalized spacial score (nSPS) is 9.15. The van der Waals surface area contributed by atoms with Crippen LogP contribution in [0.15, 0.2) is 25.3 Å². The van der Waals surface area contributed by atoms with Gasteiger partial charge in [-0.1, -0.05) is 13.2 Å². The van der Waals surface area contributed by atoms with Gasteiger partial charge in [0.2, 0.25) is 0 Å². The molecule has 0 bridgehead atoms. The van der Waals surface area contributed by atoms with Crippen LogP contribution in [-0.4, -0.2) is 23.0 Å². The minimum Gasteiger partial charge on any atom is -0.333 e. The summed E-state index contributed by atoms with van der Waals surface area (Å²) in [5, 5.41) is 0.941. The third-order valence-corrected chi connectivity index (χ3v) is 1.22. The van der Waals surface area contributed by atoms with Gasteiger partial charge in [-0.15, -0.1) is 0 Å². The van der Waals surface area contributed by atoms with Crippen molar-refractivity contribution in [3.05, 3.63) is 25.3 Å². The zero-order valence-corrected chi connectivity index (χ0v) is 7.82. The first-order valence-corrected chi connectivity index (χ1v) is 3.83. The van der Waals surface area contributed by atoms with Gasteiger partial charge in [0, 0.05) is 6.08 Å². The van der Waals surface area contributed by atoms with Crippen LogP contribution >= 0.6 is 0 Å². The number of carbonyl (C=O) groups excluding carboxylic acids is 2. The second-order valence-corrected chi connectivity index (χ2v) is 2.58. The quantitative estimate of drug-likeness (QED) is 0.485. The Morgan fingerprint density at radius 3 is 2.15 bits per heavy atom. The lowest BCUT2D eigenvalue weighted by molar-refractivity contribution is -0.197. The fourth-order valence-corrected chi connectivity index (χ4v) is 0.629. The molecule has 0 fully saturated rings. The van der Waals surface area contributed by atoms with Crippen molar-refractivity contribution in [2.45, 2.75) is 19.9 Å². The van der Waals surface area contributed by atoms with Gasteiger partial charge in [0.1, 0.15) is 0 Å². The first kappa shape index (κ1) is 11.4. The molecule has 0 aliphatic carbocycles. The van der Waals surface area contributed by atoms with Gasteiger partial charge in [0.15, 0.2) is 0 Å². The Labute approximate surface area is 77.4 Å². The predicted octanol–water partition coefficient (Wildman–Crippen LogP) is 1.05. The standard InChI is InChI=1S/C9H13NO3/c1-5-8(11)10(7(3)4)13-9(12)6-2/h5-7H,1-2H2,3-4H3. The van der Waals surface area contributed by atoms with E-state index in [0.29, 0.717) is 0 Å². The first-order chi connectivity index (χ1) is 6.02. The van der Waals surface area contributed by atoms with Crippen LogP contribution in [-0.2, 0) is 14.4 Å². The minimum absolute atomic E-state index is 0.227. The molecule has 0 aliphatic rings. The third-order valence-electron chi connectivity index (χ3n) is 1.22. The second kappa shape index (κ2) is 5.13. The maximum atomic E-state index is 11.1. The molecule has 0 radical (unpaired) electrons. The Morgan fingerprint density at radius 1 is 1.31 bits per heavy atom. The topological polar surface area (TPSA) is 46.6 Å². The highest BCUT2D eigenvalue weighted by molar-refractivity contribution is 5.89. The molecular weight excluding hydrogens is 170 g/mol. The summed E-state index contributed by atoms with van der Waals surface area (Å²) < 4.78 is 0. The highest BCUT2D eigenvalue weighted by atomic mass is 16.7. The van der Waals surface area contributed by atoms with Crippen LogP contribution < -0.4 is 0 Å².